The molecule has 152 valence electrons. The van der Waals surface area contributed by atoms with Crippen LogP contribution in [0, 0.1) is 20.8 Å². The highest BCUT2D eigenvalue weighted by Gasteiger charge is 2.21. The van der Waals surface area contributed by atoms with Crippen LogP contribution in [-0.4, -0.2) is 21.4 Å². The van der Waals surface area contributed by atoms with Gasteiger partial charge < -0.3 is 10.1 Å². The van der Waals surface area contributed by atoms with Crippen LogP contribution < -0.4 is 14.8 Å². The van der Waals surface area contributed by atoms with Gasteiger partial charge in [0.25, 0.3) is 15.9 Å². The zero-order chi connectivity index (χ0) is 21.2. The number of ether oxygens (including phenoxy) is 1. The minimum atomic E-state index is -3.79. The third-order valence-corrected chi connectivity index (χ3v) is 6.81. The molecule has 6 nitrogen and oxygen atoms in total. The molecule has 1 amide bonds. The maximum atomic E-state index is 12.9. The number of amides is 1. The molecule has 0 unspecified atom stereocenters. The van der Waals surface area contributed by atoms with E-state index in [1.54, 1.807) is 36.8 Å². The van der Waals surface area contributed by atoms with Crippen LogP contribution in [0.15, 0.2) is 52.7 Å². The number of carbonyl (C=O) groups is 1. The topological polar surface area (TPSA) is 84.5 Å². The van der Waals surface area contributed by atoms with Gasteiger partial charge in [0.15, 0.2) is 0 Å². The van der Waals surface area contributed by atoms with Crippen molar-refractivity contribution in [2.45, 2.75) is 25.7 Å². The van der Waals surface area contributed by atoms with Gasteiger partial charge in [0, 0.05) is 5.56 Å². The Bertz CT molecular complexity index is 1150. The summed E-state index contributed by atoms with van der Waals surface area (Å²) in [7, 11) is -2.20. The van der Waals surface area contributed by atoms with E-state index in [4.69, 9.17) is 4.74 Å². The summed E-state index contributed by atoms with van der Waals surface area (Å²) in [5, 5.41) is 4.58. The van der Waals surface area contributed by atoms with Crippen LogP contribution in [-0.2, 0) is 10.0 Å². The van der Waals surface area contributed by atoms with Crippen molar-refractivity contribution in [1.29, 1.82) is 0 Å². The van der Waals surface area contributed by atoms with Gasteiger partial charge >= 0.3 is 0 Å². The van der Waals surface area contributed by atoms with Crippen molar-refractivity contribution < 1.29 is 17.9 Å². The fraction of sp³-hybridized carbons (Fsp3) is 0.190. The summed E-state index contributed by atoms with van der Waals surface area (Å²) in [6.07, 6.45) is 0. The van der Waals surface area contributed by atoms with Crippen LogP contribution >= 0.6 is 11.3 Å². The normalized spacial score (nSPS) is 11.2. The van der Waals surface area contributed by atoms with E-state index in [1.807, 2.05) is 26.8 Å². The van der Waals surface area contributed by atoms with E-state index in [1.165, 1.54) is 23.5 Å². The molecule has 0 atom stereocenters. The lowest BCUT2D eigenvalue weighted by Crippen LogP contribution is -2.18. The first kappa shape index (κ1) is 20.9. The number of nitrogens with one attached hydrogen (secondary N) is 2. The van der Waals surface area contributed by atoms with E-state index < -0.39 is 10.0 Å². The van der Waals surface area contributed by atoms with Gasteiger partial charge in [-0.05, 0) is 55.5 Å². The van der Waals surface area contributed by atoms with Gasteiger partial charge in [-0.25, -0.2) is 8.42 Å². The summed E-state index contributed by atoms with van der Waals surface area (Å²) in [6.45, 7) is 5.73. The van der Waals surface area contributed by atoms with E-state index in [9.17, 15) is 13.2 Å². The number of rotatable bonds is 6. The molecule has 0 radical (unpaired) electrons. The van der Waals surface area contributed by atoms with Crippen molar-refractivity contribution >= 4 is 38.6 Å². The molecule has 0 bridgehead atoms. The molecule has 0 saturated carbocycles. The molecule has 0 aliphatic rings. The molecular weight excluding hydrogens is 408 g/mol. The number of carbonyl (C=O) groups excluding carboxylic acids is 1. The zero-order valence-electron chi connectivity index (χ0n) is 16.6. The van der Waals surface area contributed by atoms with E-state index in [2.05, 4.69) is 10.0 Å². The number of hydrogen-bond acceptors (Lipinski definition) is 5. The number of thiophene rings is 1. The second-order valence-corrected chi connectivity index (χ2v) is 9.18. The lowest BCUT2D eigenvalue weighted by atomic mass is 10.0. The first-order valence-electron chi connectivity index (χ1n) is 8.86. The minimum absolute atomic E-state index is 0.132. The summed E-state index contributed by atoms with van der Waals surface area (Å²) in [5.74, 6) is 0.324. The number of sulfonamides is 1. The maximum absolute atomic E-state index is 12.9. The third kappa shape index (κ3) is 4.28. The zero-order valence-corrected chi connectivity index (χ0v) is 18.2. The van der Waals surface area contributed by atoms with Crippen molar-refractivity contribution in [3.63, 3.8) is 0 Å². The Morgan fingerprint density at radius 3 is 2.38 bits per heavy atom. The quantitative estimate of drug-likeness (QED) is 0.592. The molecule has 0 saturated heterocycles. The van der Waals surface area contributed by atoms with Crippen molar-refractivity contribution in [3.05, 3.63) is 69.4 Å². The average Bonchev–Trinajstić information content (AvgIpc) is 3.13. The molecule has 0 aliphatic carbocycles. The molecule has 1 heterocycles. The number of anilines is 2. The van der Waals surface area contributed by atoms with Crippen LogP contribution in [0.2, 0.25) is 0 Å². The van der Waals surface area contributed by atoms with Gasteiger partial charge in [-0.1, -0.05) is 24.3 Å². The van der Waals surface area contributed by atoms with Crippen LogP contribution in [0.1, 0.15) is 26.4 Å². The molecule has 3 rings (SSSR count). The van der Waals surface area contributed by atoms with Crippen molar-refractivity contribution in [2.24, 2.45) is 0 Å². The van der Waals surface area contributed by atoms with Gasteiger partial charge in [-0.15, -0.1) is 11.3 Å². The Hall–Kier alpha value is -2.84. The molecule has 2 N–H and O–H groups in total. The summed E-state index contributed by atoms with van der Waals surface area (Å²) < 4.78 is 33.2. The fourth-order valence-electron chi connectivity index (χ4n) is 3.21. The maximum Gasteiger partial charge on any atom is 0.267 e. The van der Waals surface area contributed by atoms with Crippen molar-refractivity contribution in [1.82, 2.24) is 0 Å². The summed E-state index contributed by atoms with van der Waals surface area (Å²) in [5.41, 5.74) is 3.60. The molecule has 29 heavy (non-hydrogen) atoms. The van der Waals surface area contributed by atoms with E-state index >= 15 is 0 Å². The largest absolute Gasteiger partial charge is 0.496 e. The fourth-order valence-corrected chi connectivity index (χ4v) is 5.11. The second kappa shape index (κ2) is 8.26. The predicted octanol–water partition coefficient (Wildman–Crippen LogP) is 4.74. The Morgan fingerprint density at radius 2 is 1.72 bits per heavy atom. The first-order chi connectivity index (χ1) is 13.7. The number of methoxy groups -OCH3 is 1. The van der Waals surface area contributed by atoms with Gasteiger partial charge in [0.2, 0.25) is 0 Å². The number of aryl methyl sites for hydroxylation is 2. The molecule has 0 spiro atoms. The van der Waals surface area contributed by atoms with E-state index in [0.29, 0.717) is 11.4 Å². The molecule has 0 aliphatic heterocycles. The van der Waals surface area contributed by atoms with Crippen LogP contribution in [0.25, 0.3) is 0 Å². The summed E-state index contributed by atoms with van der Waals surface area (Å²) >= 11 is 1.17. The van der Waals surface area contributed by atoms with Crippen LogP contribution in [0.4, 0.5) is 11.4 Å². The molecule has 1 aromatic heterocycles. The first-order valence-corrected chi connectivity index (χ1v) is 11.2. The van der Waals surface area contributed by atoms with Gasteiger partial charge in [-0.2, -0.15) is 0 Å². The highest BCUT2D eigenvalue weighted by Crippen LogP contribution is 2.34. The SMILES string of the molecule is COc1c(C)cc(C)c(NC(=O)c2sccc2NS(=O)(=O)c2ccccc2)c1C. The van der Waals surface area contributed by atoms with Crippen molar-refractivity contribution in [3.8, 4) is 5.75 Å². The lowest BCUT2D eigenvalue weighted by molar-refractivity contribution is 0.103. The number of hydrogen-bond donors (Lipinski definition) is 2. The van der Waals surface area contributed by atoms with Crippen molar-refractivity contribution in [2.75, 3.05) is 17.1 Å². The van der Waals surface area contributed by atoms with E-state index in [0.717, 1.165) is 16.7 Å². The molecule has 0 fully saturated rings. The smallest absolute Gasteiger partial charge is 0.267 e. The summed E-state index contributed by atoms with van der Waals surface area (Å²) in [6, 6.07) is 11.5. The standard InChI is InChI=1S/C21H22N2O4S2/c1-13-12-14(2)19(27-4)15(3)18(13)22-21(24)20-17(10-11-28-20)23-29(25,26)16-8-6-5-7-9-16/h5-12,23H,1-4H3,(H,22,24). The third-order valence-electron chi connectivity index (χ3n) is 4.51. The Morgan fingerprint density at radius 1 is 1.03 bits per heavy atom. The van der Waals surface area contributed by atoms with E-state index in [-0.39, 0.29) is 21.4 Å². The monoisotopic (exact) mass is 430 g/mol. The van der Waals surface area contributed by atoms with Gasteiger partial charge in [-0.3, -0.25) is 9.52 Å². The van der Waals surface area contributed by atoms with Gasteiger partial charge in [0.05, 0.1) is 23.4 Å². The lowest BCUT2D eigenvalue weighted by Gasteiger charge is -2.17. The molecular formula is C21H22N2O4S2. The average molecular weight is 431 g/mol. The number of benzene rings is 2. The highest BCUT2D eigenvalue weighted by atomic mass is 32.2. The molecule has 3 aromatic rings. The summed E-state index contributed by atoms with van der Waals surface area (Å²) in [4.78, 5) is 13.3. The van der Waals surface area contributed by atoms with Crippen LogP contribution in [0.3, 0.4) is 0 Å². The van der Waals surface area contributed by atoms with Gasteiger partial charge in [0.1, 0.15) is 10.6 Å². The Kier molecular flexibility index (Phi) is 5.95. The molecule has 8 heteroatoms. The Balaban J connectivity index is 1.89. The molecule has 2 aromatic carbocycles. The predicted molar refractivity (Wildman–Crippen MR) is 117 cm³/mol. The minimum Gasteiger partial charge on any atom is -0.496 e. The van der Waals surface area contributed by atoms with Crippen LogP contribution in [0.5, 0.6) is 5.75 Å². The second-order valence-electron chi connectivity index (χ2n) is 6.58. The Labute approximate surface area is 174 Å². The highest BCUT2D eigenvalue weighted by molar-refractivity contribution is 7.92.